The van der Waals surface area contributed by atoms with Gasteiger partial charge in [-0.2, -0.15) is 5.10 Å². The maximum Gasteiger partial charge on any atom is 0.225 e. The topological polar surface area (TPSA) is 78.5 Å². The third kappa shape index (κ3) is 5.35. The molecule has 1 saturated heterocycles. The molecule has 1 amide bonds. The van der Waals surface area contributed by atoms with Gasteiger partial charge in [-0.05, 0) is 43.5 Å². The number of likely N-dealkylation sites (tertiary alicyclic amines) is 1. The molecule has 1 aromatic heterocycles. The van der Waals surface area contributed by atoms with Gasteiger partial charge in [0.15, 0.2) is 0 Å². The number of rotatable bonds is 7. The van der Waals surface area contributed by atoms with Crippen molar-refractivity contribution in [2.45, 2.75) is 62.9 Å². The Morgan fingerprint density at radius 3 is 2.93 bits per heavy atom. The molecule has 30 heavy (non-hydrogen) atoms. The summed E-state index contributed by atoms with van der Waals surface area (Å²) in [6, 6.07) is 9.45. The summed E-state index contributed by atoms with van der Waals surface area (Å²) < 4.78 is 5.75. The number of hydrogen-bond donors (Lipinski definition) is 2. The Bertz CT molecular complexity index is 863. The predicted molar refractivity (Wildman–Crippen MR) is 116 cm³/mol. The molecule has 1 aliphatic heterocycles. The maximum absolute atomic E-state index is 12.7. The number of nitrogens with one attached hydrogen (secondary N) is 1. The minimum Gasteiger partial charge on any atom is -0.493 e. The highest BCUT2D eigenvalue weighted by molar-refractivity contribution is 6.30. The van der Waals surface area contributed by atoms with Crippen LogP contribution in [0.25, 0.3) is 0 Å². The monoisotopic (exact) mass is 431 g/mol. The highest BCUT2D eigenvalue weighted by Crippen LogP contribution is 2.33. The van der Waals surface area contributed by atoms with Crippen LogP contribution in [-0.4, -0.2) is 51.4 Å². The fourth-order valence-corrected chi connectivity index (χ4v) is 4.74. The molecular formula is C23H30ClN3O3. The Labute approximate surface area is 182 Å². The summed E-state index contributed by atoms with van der Waals surface area (Å²) in [5.74, 6) is 1.08. The normalized spacial score (nSPS) is 21.0. The summed E-state index contributed by atoms with van der Waals surface area (Å²) in [6.07, 6.45) is 6.58. The Hall–Kier alpha value is -2.05. The lowest BCUT2D eigenvalue weighted by Gasteiger charge is -2.32. The van der Waals surface area contributed by atoms with Crippen molar-refractivity contribution in [3.05, 3.63) is 46.7 Å². The van der Waals surface area contributed by atoms with E-state index in [4.69, 9.17) is 16.3 Å². The van der Waals surface area contributed by atoms with Crippen LogP contribution in [-0.2, 0) is 11.2 Å². The van der Waals surface area contributed by atoms with Crippen molar-refractivity contribution in [3.8, 4) is 5.75 Å². The number of ether oxygens (including phenoxy) is 1. The first kappa shape index (κ1) is 21.2. The summed E-state index contributed by atoms with van der Waals surface area (Å²) in [7, 11) is 0. The lowest BCUT2D eigenvalue weighted by Crippen LogP contribution is -2.39. The van der Waals surface area contributed by atoms with Crippen LogP contribution < -0.4 is 4.74 Å². The van der Waals surface area contributed by atoms with E-state index in [1.54, 1.807) is 6.07 Å². The Morgan fingerprint density at radius 2 is 2.13 bits per heavy atom. The zero-order valence-electron chi connectivity index (χ0n) is 17.3. The van der Waals surface area contributed by atoms with Crippen molar-refractivity contribution in [2.24, 2.45) is 0 Å². The van der Waals surface area contributed by atoms with Gasteiger partial charge in [-0.15, -0.1) is 0 Å². The number of aromatic amines is 1. The molecule has 1 saturated carbocycles. The fraction of sp³-hybridized carbons (Fsp3) is 0.565. The van der Waals surface area contributed by atoms with Crippen LogP contribution in [0.15, 0.2) is 30.3 Å². The van der Waals surface area contributed by atoms with E-state index in [2.05, 4.69) is 16.3 Å². The predicted octanol–water partition coefficient (Wildman–Crippen LogP) is 4.09. The largest absolute Gasteiger partial charge is 0.493 e. The van der Waals surface area contributed by atoms with Gasteiger partial charge < -0.3 is 14.7 Å². The molecule has 1 aromatic carbocycles. The van der Waals surface area contributed by atoms with Crippen molar-refractivity contribution in [2.75, 3.05) is 19.7 Å². The summed E-state index contributed by atoms with van der Waals surface area (Å²) in [5, 5.41) is 18.9. The average Bonchev–Trinajstić information content (AvgIpc) is 3.38. The molecule has 0 radical (unpaired) electrons. The van der Waals surface area contributed by atoms with Crippen molar-refractivity contribution in [1.29, 1.82) is 0 Å². The highest BCUT2D eigenvalue weighted by Gasteiger charge is 2.36. The quantitative estimate of drug-likeness (QED) is 0.692. The lowest BCUT2D eigenvalue weighted by molar-refractivity contribution is -0.136. The van der Waals surface area contributed by atoms with Crippen LogP contribution in [0, 0.1) is 0 Å². The van der Waals surface area contributed by atoms with Crippen LogP contribution in [0.1, 0.15) is 62.3 Å². The van der Waals surface area contributed by atoms with Gasteiger partial charge in [-0.1, -0.05) is 36.9 Å². The minimum atomic E-state index is -0.796. The van der Waals surface area contributed by atoms with Gasteiger partial charge in [0.05, 0.1) is 24.3 Å². The molecule has 7 heteroatoms. The van der Waals surface area contributed by atoms with E-state index >= 15 is 0 Å². The van der Waals surface area contributed by atoms with Gasteiger partial charge in [-0.25, -0.2) is 0 Å². The number of aromatic nitrogens is 2. The van der Waals surface area contributed by atoms with Crippen LogP contribution in [0.3, 0.4) is 0 Å². The molecule has 162 valence electrons. The summed E-state index contributed by atoms with van der Waals surface area (Å²) >= 11 is 5.97. The second-order valence-corrected chi connectivity index (χ2v) is 9.10. The van der Waals surface area contributed by atoms with Gasteiger partial charge in [0.1, 0.15) is 5.75 Å². The van der Waals surface area contributed by atoms with Crippen LogP contribution in [0.2, 0.25) is 5.02 Å². The zero-order valence-corrected chi connectivity index (χ0v) is 18.0. The van der Waals surface area contributed by atoms with Crippen LogP contribution in [0.5, 0.6) is 5.75 Å². The number of hydrogen-bond acceptors (Lipinski definition) is 4. The molecule has 2 fully saturated rings. The Kier molecular flexibility index (Phi) is 6.64. The third-order valence-electron chi connectivity index (χ3n) is 6.31. The van der Waals surface area contributed by atoms with E-state index in [0.717, 1.165) is 68.6 Å². The van der Waals surface area contributed by atoms with E-state index in [1.165, 1.54) is 0 Å². The summed E-state index contributed by atoms with van der Waals surface area (Å²) in [6.45, 7) is 1.95. The standard InChI is InChI=1S/C23H30ClN3O3/c24-18-5-4-6-20(13-18)30-12-8-19-14-21(26-25-19)17-7-11-27(16-17)22(28)15-23(29)9-2-1-3-10-23/h4-6,13-14,17,29H,1-3,7-12,15-16H2,(H,25,26)/t17-/m1/s1. The Morgan fingerprint density at radius 1 is 1.30 bits per heavy atom. The zero-order chi connectivity index (χ0) is 21.0. The Balaban J connectivity index is 1.25. The molecule has 2 heterocycles. The number of benzene rings is 1. The van der Waals surface area contributed by atoms with Crippen molar-refractivity contribution >= 4 is 17.5 Å². The molecule has 4 rings (SSSR count). The molecule has 0 bridgehead atoms. The van der Waals surface area contributed by atoms with Gasteiger partial charge in [-0.3, -0.25) is 9.89 Å². The van der Waals surface area contributed by atoms with Crippen LogP contribution in [0.4, 0.5) is 0 Å². The van der Waals surface area contributed by atoms with E-state index in [9.17, 15) is 9.90 Å². The van der Waals surface area contributed by atoms with E-state index < -0.39 is 5.60 Å². The molecule has 2 aliphatic rings. The van der Waals surface area contributed by atoms with Gasteiger partial charge in [0.25, 0.3) is 0 Å². The molecule has 1 atom stereocenters. The average molecular weight is 432 g/mol. The van der Waals surface area contributed by atoms with Gasteiger partial charge >= 0.3 is 0 Å². The highest BCUT2D eigenvalue weighted by atomic mass is 35.5. The summed E-state index contributed by atoms with van der Waals surface area (Å²) in [4.78, 5) is 14.6. The number of amides is 1. The second-order valence-electron chi connectivity index (χ2n) is 8.66. The molecule has 2 aromatic rings. The first-order valence-corrected chi connectivity index (χ1v) is 11.3. The second kappa shape index (κ2) is 9.40. The van der Waals surface area contributed by atoms with Crippen LogP contribution >= 0.6 is 11.6 Å². The summed E-state index contributed by atoms with van der Waals surface area (Å²) in [5.41, 5.74) is 1.23. The number of aliphatic hydroxyl groups is 1. The molecule has 0 spiro atoms. The number of carbonyl (C=O) groups is 1. The third-order valence-corrected chi connectivity index (χ3v) is 6.55. The van der Waals surface area contributed by atoms with Crippen molar-refractivity contribution in [3.63, 3.8) is 0 Å². The SMILES string of the molecule is O=C(CC1(O)CCCCC1)N1CC[C@@H](c2cc(CCOc3cccc(Cl)c3)[nH]n2)C1. The first-order valence-electron chi connectivity index (χ1n) is 10.9. The first-order chi connectivity index (χ1) is 14.5. The molecule has 6 nitrogen and oxygen atoms in total. The minimum absolute atomic E-state index is 0.0765. The van der Waals surface area contributed by atoms with Gasteiger partial charge in [0.2, 0.25) is 5.91 Å². The van der Waals surface area contributed by atoms with Crippen molar-refractivity contribution < 1.29 is 14.6 Å². The van der Waals surface area contributed by atoms with E-state index in [-0.39, 0.29) is 18.2 Å². The molecule has 2 N–H and O–H groups in total. The fourth-order valence-electron chi connectivity index (χ4n) is 4.56. The molecule has 1 aliphatic carbocycles. The molecular weight excluding hydrogens is 402 g/mol. The lowest BCUT2D eigenvalue weighted by atomic mass is 9.82. The number of carbonyl (C=O) groups excluding carboxylic acids is 1. The van der Waals surface area contributed by atoms with Gasteiger partial charge in [0, 0.05) is 36.1 Å². The van der Waals surface area contributed by atoms with Crippen molar-refractivity contribution in [1.82, 2.24) is 15.1 Å². The maximum atomic E-state index is 12.7. The number of nitrogens with zero attached hydrogens (tertiary/aromatic N) is 2. The van der Waals surface area contributed by atoms with E-state index in [1.807, 2.05) is 23.1 Å². The van der Waals surface area contributed by atoms with E-state index in [0.29, 0.717) is 18.2 Å². The number of halogens is 1. The molecule has 0 unspecified atom stereocenters. The smallest absolute Gasteiger partial charge is 0.225 e. The number of H-pyrrole nitrogens is 1.